The second-order valence-electron chi connectivity index (χ2n) is 4.19. The van der Waals surface area contributed by atoms with Crippen molar-refractivity contribution in [1.82, 2.24) is 9.78 Å². The number of nitrogens with one attached hydrogen (secondary N) is 1. The number of ether oxygens (including phenoxy) is 1. The van der Waals surface area contributed by atoms with Crippen LogP contribution in [0.25, 0.3) is 0 Å². The zero-order chi connectivity index (χ0) is 13.5. The zero-order valence-corrected chi connectivity index (χ0v) is 12.1. The normalized spacial score (nSPS) is 10.6. The number of nitrogens with two attached hydrogens (primary N) is 1. The van der Waals surface area contributed by atoms with Gasteiger partial charge in [-0.2, -0.15) is 5.10 Å². The smallest absolute Gasteiger partial charge is 0.134 e. The SMILES string of the molecule is CCCOCCCNc1c(C(N)=S)c(C)nn1C. The van der Waals surface area contributed by atoms with E-state index in [9.17, 15) is 0 Å². The largest absolute Gasteiger partial charge is 0.389 e. The fourth-order valence-corrected chi connectivity index (χ4v) is 2.03. The van der Waals surface area contributed by atoms with Crippen molar-refractivity contribution >= 4 is 23.0 Å². The van der Waals surface area contributed by atoms with Crippen molar-refractivity contribution < 1.29 is 4.74 Å². The quantitative estimate of drug-likeness (QED) is 0.555. The molecule has 5 nitrogen and oxygen atoms in total. The van der Waals surface area contributed by atoms with E-state index in [-0.39, 0.29) is 0 Å². The molecule has 0 bridgehead atoms. The molecule has 1 aromatic rings. The number of hydrogen-bond donors (Lipinski definition) is 2. The highest BCUT2D eigenvalue weighted by molar-refractivity contribution is 7.80. The first-order valence-electron chi connectivity index (χ1n) is 6.23. The molecule has 3 N–H and O–H groups in total. The summed E-state index contributed by atoms with van der Waals surface area (Å²) in [4.78, 5) is 0.380. The second kappa shape index (κ2) is 7.33. The Bertz CT molecular complexity index is 403. The Morgan fingerprint density at radius 2 is 2.22 bits per heavy atom. The first kappa shape index (κ1) is 14.9. The van der Waals surface area contributed by atoms with Gasteiger partial charge in [-0.25, -0.2) is 0 Å². The van der Waals surface area contributed by atoms with Crippen molar-refractivity contribution in [3.8, 4) is 0 Å². The van der Waals surface area contributed by atoms with E-state index >= 15 is 0 Å². The average Bonchev–Trinajstić information content (AvgIpc) is 2.58. The molecule has 0 aliphatic heterocycles. The van der Waals surface area contributed by atoms with E-state index in [4.69, 9.17) is 22.7 Å². The van der Waals surface area contributed by atoms with Crippen molar-refractivity contribution in [2.75, 3.05) is 25.1 Å². The maximum atomic E-state index is 5.71. The maximum Gasteiger partial charge on any atom is 0.134 e. The summed E-state index contributed by atoms with van der Waals surface area (Å²) in [6.07, 6.45) is 2.00. The van der Waals surface area contributed by atoms with Crippen LogP contribution in [-0.2, 0) is 11.8 Å². The van der Waals surface area contributed by atoms with Gasteiger partial charge in [0.2, 0.25) is 0 Å². The number of rotatable bonds is 8. The van der Waals surface area contributed by atoms with Crippen LogP contribution in [0.1, 0.15) is 31.0 Å². The van der Waals surface area contributed by atoms with Crippen LogP contribution in [-0.4, -0.2) is 34.5 Å². The number of aromatic nitrogens is 2. The predicted octanol–water partition coefficient (Wildman–Crippen LogP) is 1.59. The summed E-state index contributed by atoms with van der Waals surface area (Å²) >= 11 is 5.05. The van der Waals surface area contributed by atoms with Crippen LogP contribution in [0.5, 0.6) is 0 Å². The Morgan fingerprint density at radius 3 is 2.83 bits per heavy atom. The molecule has 0 spiro atoms. The lowest BCUT2D eigenvalue weighted by Gasteiger charge is -2.09. The van der Waals surface area contributed by atoms with Crippen LogP contribution >= 0.6 is 12.2 Å². The van der Waals surface area contributed by atoms with E-state index in [1.165, 1.54) is 0 Å². The summed E-state index contributed by atoms with van der Waals surface area (Å²) < 4.78 is 7.20. The van der Waals surface area contributed by atoms with Crippen LogP contribution in [0, 0.1) is 6.92 Å². The lowest BCUT2D eigenvalue weighted by Crippen LogP contribution is -2.15. The van der Waals surface area contributed by atoms with Gasteiger partial charge in [0.05, 0.1) is 11.3 Å². The molecule has 0 atom stereocenters. The molecule has 1 heterocycles. The van der Waals surface area contributed by atoms with E-state index in [1.54, 1.807) is 4.68 Å². The van der Waals surface area contributed by atoms with Gasteiger partial charge in [0.1, 0.15) is 10.8 Å². The minimum absolute atomic E-state index is 0.380. The third-order valence-electron chi connectivity index (χ3n) is 2.57. The van der Waals surface area contributed by atoms with Crippen molar-refractivity contribution in [3.63, 3.8) is 0 Å². The summed E-state index contributed by atoms with van der Waals surface area (Å²) in [5.74, 6) is 0.885. The lowest BCUT2D eigenvalue weighted by molar-refractivity contribution is 0.134. The molecule has 6 heteroatoms. The molecule has 0 aliphatic carbocycles. The molecule has 0 unspecified atom stereocenters. The summed E-state index contributed by atoms with van der Waals surface area (Å²) in [6.45, 7) is 6.41. The monoisotopic (exact) mass is 270 g/mol. The highest BCUT2D eigenvalue weighted by Crippen LogP contribution is 2.18. The molecule has 0 radical (unpaired) electrons. The van der Waals surface area contributed by atoms with E-state index < -0.39 is 0 Å². The number of thiocarbonyl (C=S) groups is 1. The second-order valence-corrected chi connectivity index (χ2v) is 4.63. The minimum Gasteiger partial charge on any atom is -0.389 e. The van der Waals surface area contributed by atoms with Crippen LogP contribution < -0.4 is 11.1 Å². The molecule has 0 aliphatic rings. The summed E-state index contributed by atoms with van der Waals surface area (Å²) in [5.41, 5.74) is 7.40. The van der Waals surface area contributed by atoms with Gasteiger partial charge in [-0.3, -0.25) is 4.68 Å². The van der Waals surface area contributed by atoms with E-state index in [0.717, 1.165) is 49.7 Å². The molecular weight excluding hydrogens is 248 g/mol. The topological polar surface area (TPSA) is 65.1 Å². The van der Waals surface area contributed by atoms with E-state index in [0.29, 0.717) is 4.99 Å². The van der Waals surface area contributed by atoms with E-state index in [2.05, 4.69) is 17.3 Å². The maximum absolute atomic E-state index is 5.71. The third-order valence-corrected chi connectivity index (χ3v) is 2.78. The molecule has 18 heavy (non-hydrogen) atoms. The van der Waals surface area contributed by atoms with Crippen LogP contribution in [0.4, 0.5) is 5.82 Å². The third kappa shape index (κ3) is 3.96. The Morgan fingerprint density at radius 1 is 1.50 bits per heavy atom. The highest BCUT2D eigenvalue weighted by atomic mass is 32.1. The summed E-state index contributed by atoms with van der Waals surface area (Å²) in [7, 11) is 1.88. The Kier molecular flexibility index (Phi) is 6.07. The molecule has 1 rings (SSSR count). The fraction of sp³-hybridized carbons (Fsp3) is 0.667. The molecule has 0 fully saturated rings. The Labute approximate surface area is 114 Å². The van der Waals surface area contributed by atoms with Crippen molar-refractivity contribution in [2.24, 2.45) is 12.8 Å². The number of hydrogen-bond acceptors (Lipinski definition) is 4. The van der Waals surface area contributed by atoms with Gasteiger partial charge in [-0.05, 0) is 19.8 Å². The van der Waals surface area contributed by atoms with Gasteiger partial charge >= 0.3 is 0 Å². The van der Waals surface area contributed by atoms with Crippen molar-refractivity contribution in [1.29, 1.82) is 0 Å². The number of anilines is 1. The molecule has 1 aromatic heterocycles. The first-order valence-corrected chi connectivity index (χ1v) is 6.63. The molecular formula is C12H22N4OS. The standard InChI is InChI=1S/C12H22N4OS/c1-4-7-17-8-5-6-14-12-10(11(13)18)9(2)15-16(12)3/h14H,4-8H2,1-3H3,(H2,13,18). The molecule has 0 saturated heterocycles. The molecule has 0 saturated carbocycles. The van der Waals surface area contributed by atoms with Gasteiger partial charge in [-0.15, -0.1) is 0 Å². The fourth-order valence-electron chi connectivity index (χ4n) is 1.78. The van der Waals surface area contributed by atoms with Crippen LogP contribution in [0.2, 0.25) is 0 Å². The summed E-state index contributed by atoms with van der Waals surface area (Å²) in [5, 5.41) is 7.63. The van der Waals surface area contributed by atoms with Gasteiger partial charge in [0.25, 0.3) is 0 Å². The van der Waals surface area contributed by atoms with Gasteiger partial charge < -0.3 is 15.8 Å². The van der Waals surface area contributed by atoms with Gasteiger partial charge in [0, 0.05) is 26.8 Å². The Balaban J connectivity index is 2.49. The number of aryl methyl sites for hydroxylation is 2. The average molecular weight is 270 g/mol. The molecule has 102 valence electrons. The van der Waals surface area contributed by atoms with E-state index in [1.807, 2.05) is 14.0 Å². The number of nitrogens with zero attached hydrogens (tertiary/aromatic N) is 2. The Hall–Kier alpha value is -1.14. The minimum atomic E-state index is 0.380. The van der Waals surface area contributed by atoms with Crippen LogP contribution in [0.15, 0.2) is 0 Å². The summed E-state index contributed by atoms with van der Waals surface area (Å²) in [6, 6.07) is 0. The first-order chi connectivity index (χ1) is 8.57. The predicted molar refractivity (Wildman–Crippen MR) is 78.0 cm³/mol. The van der Waals surface area contributed by atoms with Crippen LogP contribution in [0.3, 0.4) is 0 Å². The van der Waals surface area contributed by atoms with Crippen molar-refractivity contribution in [2.45, 2.75) is 26.7 Å². The molecule has 0 amide bonds. The highest BCUT2D eigenvalue weighted by Gasteiger charge is 2.14. The van der Waals surface area contributed by atoms with Crippen molar-refractivity contribution in [3.05, 3.63) is 11.3 Å². The molecule has 0 aromatic carbocycles. The zero-order valence-electron chi connectivity index (χ0n) is 11.3. The van der Waals surface area contributed by atoms with Gasteiger partial charge in [-0.1, -0.05) is 19.1 Å². The van der Waals surface area contributed by atoms with Gasteiger partial charge in [0.15, 0.2) is 0 Å². The lowest BCUT2D eigenvalue weighted by atomic mass is 10.2.